The smallest absolute Gasteiger partial charge is 0.323 e. The van der Waals surface area contributed by atoms with Gasteiger partial charge in [0.2, 0.25) is 0 Å². The highest BCUT2D eigenvalue weighted by atomic mass is 32.1. The van der Waals surface area contributed by atoms with E-state index in [0.717, 1.165) is 43.0 Å². The van der Waals surface area contributed by atoms with Crippen molar-refractivity contribution in [1.29, 1.82) is 0 Å². The number of urea groups is 1. The van der Waals surface area contributed by atoms with E-state index in [1.54, 1.807) is 25.3 Å². The molecular formula is C21H27FN4OS. The molecule has 2 aromatic rings. The standard InChI is InChI=1S/C21H27FN4OS/c1-15-6-7-16(12-19(15)22)11-18-13-23-20(28-18)24-21(27)26-10-4-5-17(14-26)25-8-2-3-9-25/h6-7,12-13,17H,2-5,8-11,14H2,1H3,(H,23,24,27)/t17-/m0/s1. The number of hydrogen-bond acceptors (Lipinski definition) is 4. The van der Waals surface area contributed by atoms with Crippen molar-refractivity contribution in [1.82, 2.24) is 14.8 Å². The van der Waals surface area contributed by atoms with Crippen molar-refractivity contribution in [3.63, 3.8) is 0 Å². The molecule has 28 heavy (non-hydrogen) atoms. The van der Waals surface area contributed by atoms with E-state index in [4.69, 9.17) is 0 Å². The van der Waals surface area contributed by atoms with E-state index in [-0.39, 0.29) is 11.8 Å². The fourth-order valence-corrected chi connectivity index (χ4v) is 4.95. The predicted molar refractivity (Wildman–Crippen MR) is 110 cm³/mol. The second kappa shape index (κ2) is 8.57. The number of hydrogen-bond donors (Lipinski definition) is 1. The number of nitrogens with one attached hydrogen (secondary N) is 1. The average Bonchev–Trinajstić information content (AvgIpc) is 3.37. The van der Waals surface area contributed by atoms with Gasteiger partial charge in [-0.15, -0.1) is 11.3 Å². The van der Waals surface area contributed by atoms with Crippen molar-refractivity contribution in [2.45, 2.75) is 45.1 Å². The SMILES string of the molecule is Cc1ccc(Cc2cnc(NC(=O)N3CCC[C@H](N4CCCC4)C3)s2)cc1F. The zero-order valence-corrected chi connectivity index (χ0v) is 17.1. The van der Waals surface area contributed by atoms with Gasteiger partial charge in [-0.05, 0) is 62.9 Å². The lowest BCUT2D eigenvalue weighted by Gasteiger charge is -2.37. The first-order valence-electron chi connectivity index (χ1n) is 10.1. The van der Waals surface area contributed by atoms with E-state index < -0.39 is 0 Å². The van der Waals surface area contributed by atoms with Gasteiger partial charge >= 0.3 is 6.03 Å². The van der Waals surface area contributed by atoms with Gasteiger partial charge < -0.3 is 4.90 Å². The maximum atomic E-state index is 13.7. The van der Waals surface area contributed by atoms with Crippen LogP contribution in [0.1, 0.15) is 41.7 Å². The highest BCUT2D eigenvalue weighted by molar-refractivity contribution is 7.15. The first-order chi connectivity index (χ1) is 13.6. The summed E-state index contributed by atoms with van der Waals surface area (Å²) >= 11 is 1.45. The molecule has 1 atom stereocenters. The maximum Gasteiger partial charge on any atom is 0.323 e. The predicted octanol–water partition coefficient (Wildman–Crippen LogP) is 4.27. The zero-order chi connectivity index (χ0) is 19.5. The first kappa shape index (κ1) is 19.3. The van der Waals surface area contributed by atoms with E-state index in [9.17, 15) is 9.18 Å². The molecule has 3 heterocycles. The van der Waals surface area contributed by atoms with Crippen LogP contribution in [-0.4, -0.2) is 53.0 Å². The topological polar surface area (TPSA) is 48.5 Å². The minimum Gasteiger partial charge on any atom is -0.323 e. The lowest BCUT2D eigenvalue weighted by atomic mass is 10.0. The zero-order valence-electron chi connectivity index (χ0n) is 16.3. The summed E-state index contributed by atoms with van der Waals surface area (Å²) in [6, 6.07) is 5.72. The molecule has 0 unspecified atom stereocenters. The number of amides is 2. The van der Waals surface area contributed by atoms with Crippen molar-refractivity contribution in [2.75, 3.05) is 31.5 Å². The number of rotatable bonds is 4. The van der Waals surface area contributed by atoms with Crippen molar-refractivity contribution < 1.29 is 9.18 Å². The number of aryl methyl sites for hydroxylation is 1. The largest absolute Gasteiger partial charge is 0.323 e. The summed E-state index contributed by atoms with van der Waals surface area (Å²) in [4.78, 5) is 22.5. The van der Waals surface area contributed by atoms with Gasteiger partial charge in [0.15, 0.2) is 5.13 Å². The number of aromatic nitrogens is 1. The number of benzene rings is 1. The molecule has 2 fully saturated rings. The lowest BCUT2D eigenvalue weighted by molar-refractivity contribution is 0.132. The number of halogens is 1. The number of likely N-dealkylation sites (tertiary alicyclic amines) is 2. The molecule has 7 heteroatoms. The van der Waals surface area contributed by atoms with Crippen LogP contribution in [0.25, 0.3) is 0 Å². The van der Waals surface area contributed by atoms with Crippen molar-refractivity contribution >= 4 is 22.5 Å². The van der Waals surface area contributed by atoms with Crippen molar-refractivity contribution in [2.24, 2.45) is 0 Å². The normalized spacial score (nSPS) is 20.5. The number of piperidine rings is 1. The maximum absolute atomic E-state index is 13.7. The Hall–Kier alpha value is -1.99. The van der Waals surface area contributed by atoms with E-state index in [1.165, 1.54) is 30.6 Å². The molecule has 150 valence electrons. The molecule has 2 aliphatic rings. The molecule has 0 spiro atoms. The number of thiazole rings is 1. The van der Waals surface area contributed by atoms with Gasteiger partial charge in [0, 0.05) is 36.6 Å². The molecule has 2 saturated heterocycles. The van der Waals surface area contributed by atoms with Crippen LogP contribution in [0.5, 0.6) is 0 Å². The molecule has 0 aliphatic carbocycles. The Morgan fingerprint density at radius 3 is 2.89 bits per heavy atom. The summed E-state index contributed by atoms with van der Waals surface area (Å²) in [6.45, 7) is 5.68. The monoisotopic (exact) mass is 402 g/mol. The van der Waals surface area contributed by atoms with Gasteiger partial charge in [-0.3, -0.25) is 10.2 Å². The summed E-state index contributed by atoms with van der Waals surface area (Å²) in [5, 5.41) is 3.56. The van der Waals surface area contributed by atoms with Crippen molar-refractivity contribution in [3.8, 4) is 0 Å². The molecule has 1 N–H and O–H groups in total. The van der Waals surface area contributed by atoms with Gasteiger partial charge in [0.05, 0.1) is 0 Å². The summed E-state index contributed by atoms with van der Waals surface area (Å²) in [7, 11) is 0. The van der Waals surface area contributed by atoms with Gasteiger partial charge in [-0.1, -0.05) is 12.1 Å². The molecule has 1 aromatic carbocycles. The van der Waals surface area contributed by atoms with Crippen LogP contribution >= 0.6 is 11.3 Å². The van der Waals surface area contributed by atoms with E-state index in [0.29, 0.717) is 23.2 Å². The molecule has 5 nitrogen and oxygen atoms in total. The molecule has 2 amide bonds. The Balaban J connectivity index is 1.34. The van der Waals surface area contributed by atoms with Gasteiger partial charge in [0.1, 0.15) is 5.82 Å². The Morgan fingerprint density at radius 1 is 1.29 bits per heavy atom. The van der Waals surface area contributed by atoms with Gasteiger partial charge in [-0.25, -0.2) is 14.2 Å². The Morgan fingerprint density at radius 2 is 2.11 bits per heavy atom. The molecule has 0 saturated carbocycles. The molecule has 1 aromatic heterocycles. The summed E-state index contributed by atoms with van der Waals surface area (Å²) < 4.78 is 13.7. The highest BCUT2D eigenvalue weighted by Crippen LogP contribution is 2.24. The summed E-state index contributed by atoms with van der Waals surface area (Å²) in [5.74, 6) is -0.187. The number of nitrogens with zero attached hydrogens (tertiary/aromatic N) is 3. The second-order valence-electron chi connectivity index (χ2n) is 7.81. The Labute approximate surface area is 169 Å². The third-order valence-corrected chi connectivity index (χ3v) is 6.64. The van der Waals surface area contributed by atoms with E-state index >= 15 is 0 Å². The third-order valence-electron chi connectivity index (χ3n) is 5.72. The summed E-state index contributed by atoms with van der Waals surface area (Å²) in [6.07, 6.45) is 7.16. The molecular weight excluding hydrogens is 375 g/mol. The number of carbonyl (C=O) groups is 1. The second-order valence-corrected chi connectivity index (χ2v) is 8.92. The van der Waals surface area contributed by atoms with Crippen LogP contribution in [0.3, 0.4) is 0 Å². The molecule has 0 bridgehead atoms. The number of anilines is 1. The van der Waals surface area contributed by atoms with Crippen LogP contribution in [0.4, 0.5) is 14.3 Å². The lowest BCUT2D eigenvalue weighted by Crippen LogP contribution is -2.50. The molecule has 2 aliphatic heterocycles. The van der Waals surface area contributed by atoms with Crippen LogP contribution < -0.4 is 5.32 Å². The quantitative estimate of drug-likeness (QED) is 0.831. The minimum atomic E-state index is -0.187. The fraction of sp³-hybridized carbons (Fsp3) is 0.524. The number of carbonyl (C=O) groups excluding carboxylic acids is 1. The Bertz CT molecular complexity index is 834. The van der Waals surface area contributed by atoms with Crippen LogP contribution in [0, 0.1) is 12.7 Å². The third kappa shape index (κ3) is 4.52. The van der Waals surface area contributed by atoms with Crippen molar-refractivity contribution in [3.05, 3.63) is 46.2 Å². The highest BCUT2D eigenvalue weighted by Gasteiger charge is 2.29. The van der Waals surface area contributed by atoms with Crippen LogP contribution in [-0.2, 0) is 6.42 Å². The van der Waals surface area contributed by atoms with Crippen LogP contribution in [0.15, 0.2) is 24.4 Å². The van der Waals surface area contributed by atoms with E-state index in [1.807, 2.05) is 11.0 Å². The van der Waals surface area contributed by atoms with Crippen LogP contribution in [0.2, 0.25) is 0 Å². The Kier molecular flexibility index (Phi) is 5.92. The average molecular weight is 403 g/mol. The van der Waals surface area contributed by atoms with Gasteiger partial charge in [-0.2, -0.15) is 0 Å². The summed E-state index contributed by atoms with van der Waals surface area (Å²) in [5.41, 5.74) is 1.56. The van der Waals surface area contributed by atoms with Gasteiger partial charge in [0.25, 0.3) is 0 Å². The molecule has 0 radical (unpaired) electrons. The minimum absolute atomic E-state index is 0.0637. The van der Waals surface area contributed by atoms with E-state index in [2.05, 4.69) is 15.2 Å². The fourth-order valence-electron chi connectivity index (χ4n) is 4.11. The molecule has 4 rings (SSSR count). The first-order valence-corrected chi connectivity index (χ1v) is 10.9.